The lowest BCUT2D eigenvalue weighted by atomic mass is 10.0. The van der Waals surface area contributed by atoms with Gasteiger partial charge in [-0.15, -0.1) is 0 Å². The van der Waals surface area contributed by atoms with Crippen LogP contribution in [0.25, 0.3) is 0 Å². The van der Waals surface area contributed by atoms with Gasteiger partial charge in [0, 0.05) is 37.7 Å². The molecule has 0 spiro atoms. The molecule has 1 saturated heterocycles. The molecule has 0 bridgehead atoms. The molecule has 1 fully saturated rings. The quantitative estimate of drug-likeness (QED) is 0.740. The van der Waals surface area contributed by atoms with Crippen LogP contribution >= 0.6 is 11.6 Å². The second kappa shape index (κ2) is 10.4. The van der Waals surface area contributed by atoms with Gasteiger partial charge >= 0.3 is 6.03 Å². The summed E-state index contributed by atoms with van der Waals surface area (Å²) in [5, 5.41) is 5.21. The van der Waals surface area contributed by atoms with Crippen LogP contribution in [0.4, 0.5) is 9.18 Å². The van der Waals surface area contributed by atoms with Gasteiger partial charge in [0.25, 0.3) is 5.91 Å². The van der Waals surface area contributed by atoms with Gasteiger partial charge in [-0.1, -0.05) is 41.9 Å². The standard InChI is InChI=1S/C22H24ClFN4O3/c1-2-25-22(31)26-20(29)19(15-6-4-3-5-7-15)27-10-12-28(13-11-27)21(30)17-14-16(23)8-9-18(17)24/h3-9,14,19H,2,10-13H2,1H3,(H2,25,26,29,31)/t19-/m1/s1. The van der Waals surface area contributed by atoms with Crippen LogP contribution in [-0.4, -0.2) is 60.4 Å². The average molecular weight is 447 g/mol. The van der Waals surface area contributed by atoms with E-state index in [1.54, 1.807) is 6.92 Å². The Morgan fingerprint density at radius 3 is 2.39 bits per heavy atom. The molecule has 2 N–H and O–H groups in total. The van der Waals surface area contributed by atoms with Crippen LogP contribution in [0.3, 0.4) is 0 Å². The van der Waals surface area contributed by atoms with E-state index in [1.165, 1.54) is 23.1 Å². The Kier molecular flexibility index (Phi) is 7.59. The fourth-order valence-corrected chi connectivity index (χ4v) is 3.74. The Morgan fingerprint density at radius 1 is 1.06 bits per heavy atom. The van der Waals surface area contributed by atoms with Gasteiger partial charge < -0.3 is 10.2 Å². The minimum Gasteiger partial charge on any atom is -0.338 e. The number of rotatable bonds is 5. The van der Waals surface area contributed by atoms with Gasteiger partial charge in [-0.25, -0.2) is 9.18 Å². The van der Waals surface area contributed by atoms with Crippen molar-refractivity contribution < 1.29 is 18.8 Å². The smallest absolute Gasteiger partial charge is 0.321 e. The third kappa shape index (κ3) is 5.59. The first kappa shape index (κ1) is 22.7. The Bertz CT molecular complexity index is 949. The van der Waals surface area contributed by atoms with E-state index in [9.17, 15) is 18.8 Å². The van der Waals surface area contributed by atoms with Crippen LogP contribution in [0.1, 0.15) is 28.9 Å². The Hall–Kier alpha value is -2.97. The van der Waals surface area contributed by atoms with Crippen molar-refractivity contribution in [1.29, 1.82) is 0 Å². The van der Waals surface area contributed by atoms with Crippen molar-refractivity contribution >= 4 is 29.4 Å². The minimum atomic E-state index is -0.691. The predicted octanol–water partition coefficient (Wildman–Crippen LogP) is 2.82. The third-order valence-corrected chi connectivity index (χ3v) is 5.30. The Balaban J connectivity index is 1.73. The first-order valence-corrected chi connectivity index (χ1v) is 10.4. The molecule has 0 aliphatic carbocycles. The maximum atomic E-state index is 14.1. The van der Waals surface area contributed by atoms with Gasteiger partial charge in [0.1, 0.15) is 11.9 Å². The molecule has 1 aliphatic heterocycles. The fraction of sp³-hybridized carbons (Fsp3) is 0.318. The number of hydrogen-bond acceptors (Lipinski definition) is 4. The number of urea groups is 1. The van der Waals surface area contributed by atoms with Crippen LogP contribution < -0.4 is 10.6 Å². The van der Waals surface area contributed by atoms with Gasteiger partial charge in [-0.2, -0.15) is 0 Å². The van der Waals surface area contributed by atoms with Gasteiger partial charge in [0.05, 0.1) is 5.56 Å². The number of piperazine rings is 1. The molecule has 7 nitrogen and oxygen atoms in total. The molecule has 3 rings (SSSR count). The summed E-state index contributed by atoms with van der Waals surface area (Å²) in [7, 11) is 0. The monoisotopic (exact) mass is 446 g/mol. The zero-order chi connectivity index (χ0) is 22.4. The molecule has 1 atom stereocenters. The van der Waals surface area contributed by atoms with Gasteiger partial charge in [-0.05, 0) is 30.7 Å². The highest BCUT2D eigenvalue weighted by atomic mass is 35.5. The van der Waals surface area contributed by atoms with Crippen molar-refractivity contribution in [2.45, 2.75) is 13.0 Å². The summed E-state index contributed by atoms with van der Waals surface area (Å²) in [5.41, 5.74) is 0.666. The number of carbonyl (C=O) groups is 3. The summed E-state index contributed by atoms with van der Waals surface area (Å²) >= 11 is 5.91. The largest absolute Gasteiger partial charge is 0.338 e. The molecule has 4 amide bonds. The van der Waals surface area contributed by atoms with Crippen LogP contribution in [0, 0.1) is 5.82 Å². The fourth-order valence-electron chi connectivity index (χ4n) is 3.56. The molecule has 2 aromatic carbocycles. The maximum absolute atomic E-state index is 14.1. The van der Waals surface area contributed by atoms with Crippen LogP contribution in [0.5, 0.6) is 0 Å². The molecule has 9 heteroatoms. The first-order chi connectivity index (χ1) is 14.9. The summed E-state index contributed by atoms with van der Waals surface area (Å²) < 4.78 is 14.1. The van der Waals surface area contributed by atoms with Crippen LogP contribution in [-0.2, 0) is 4.79 Å². The van der Waals surface area contributed by atoms with Crippen LogP contribution in [0.2, 0.25) is 5.02 Å². The van der Waals surface area contributed by atoms with E-state index >= 15 is 0 Å². The molecule has 0 unspecified atom stereocenters. The number of hydrogen-bond donors (Lipinski definition) is 2. The topological polar surface area (TPSA) is 81.8 Å². The number of nitrogens with zero attached hydrogens (tertiary/aromatic N) is 2. The summed E-state index contributed by atoms with van der Waals surface area (Å²) in [4.78, 5) is 40.9. The predicted molar refractivity (Wildman–Crippen MR) is 115 cm³/mol. The van der Waals surface area contributed by atoms with Gasteiger partial charge in [0.2, 0.25) is 5.91 Å². The zero-order valence-corrected chi connectivity index (χ0v) is 17.9. The second-order valence-electron chi connectivity index (χ2n) is 7.11. The molecule has 1 heterocycles. The number of imide groups is 1. The van der Waals surface area contributed by atoms with E-state index in [4.69, 9.17) is 11.6 Å². The van der Waals surface area contributed by atoms with E-state index in [0.29, 0.717) is 32.7 Å². The molecule has 0 radical (unpaired) electrons. The normalized spacial score (nSPS) is 15.3. The Morgan fingerprint density at radius 2 is 1.74 bits per heavy atom. The lowest BCUT2D eigenvalue weighted by Gasteiger charge is -2.38. The van der Waals surface area contributed by atoms with Crippen molar-refractivity contribution in [3.05, 3.63) is 70.5 Å². The minimum absolute atomic E-state index is 0.0745. The van der Waals surface area contributed by atoms with Crippen LogP contribution in [0.15, 0.2) is 48.5 Å². The zero-order valence-electron chi connectivity index (χ0n) is 17.1. The first-order valence-electron chi connectivity index (χ1n) is 10.0. The number of carbonyl (C=O) groups excluding carboxylic acids is 3. The van der Waals surface area contributed by atoms with Crippen molar-refractivity contribution in [3.63, 3.8) is 0 Å². The average Bonchev–Trinajstić information content (AvgIpc) is 2.76. The van der Waals surface area contributed by atoms with E-state index in [1.807, 2.05) is 35.2 Å². The molecule has 31 heavy (non-hydrogen) atoms. The summed E-state index contributed by atoms with van der Waals surface area (Å²) in [6.45, 7) is 3.55. The summed E-state index contributed by atoms with van der Waals surface area (Å²) in [6, 6.07) is 11.8. The summed E-state index contributed by atoms with van der Waals surface area (Å²) in [5.74, 6) is -1.51. The van der Waals surface area contributed by atoms with E-state index in [-0.39, 0.29) is 10.6 Å². The second-order valence-corrected chi connectivity index (χ2v) is 7.55. The third-order valence-electron chi connectivity index (χ3n) is 5.06. The molecular weight excluding hydrogens is 423 g/mol. The highest BCUT2D eigenvalue weighted by molar-refractivity contribution is 6.31. The van der Waals surface area contributed by atoms with E-state index in [0.717, 1.165) is 5.56 Å². The lowest BCUT2D eigenvalue weighted by Crippen LogP contribution is -2.53. The number of halogens is 2. The lowest BCUT2D eigenvalue weighted by molar-refractivity contribution is -0.126. The van der Waals surface area contributed by atoms with Crippen molar-refractivity contribution in [2.75, 3.05) is 32.7 Å². The molecule has 1 aliphatic rings. The van der Waals surface area contributed by atoms with Crippen molar-refractivity contribution in [2.24, 2.45) is 0 Å². The SMILES string of the molecule is CCNC(=O)NC(=O)[C@@H](c1ccccc1)N1CCN(C(=O)c2cc(Cl)ccc2F)CC1. The number of benzene rings is 2. The van der Waals surface area contributed by atoms with E-state index in [2.05, 4.69) is 10.6 Å². The summed E-state index contributed by atoms with van der Waals surface area (Å²) in [6.07, 6.45) is 0. The molecule has 2 aromatic rings. The Labute approximate surface area is 185 Å². The highest BCUT2D eigenvalue weighted by Gasteiger charge is 2.33. The van der Waals surface area contributed by atoms with Gasteiger partial charge in [0.15, 0.2) is 0 Å². The number of nitrogens with one attached hydrogen (secondary N) is 2. The van der Waals surface area contributed by atoms with E-state index < -0.39 is 29.7 Å². The van der Waals surface area contributed by atoms with Crippen molar-refractivity contribution in [1.82, 2.24) is 20.4 Å². The highest BCUT2D eigenvalue weighted by Crippen LogP contribution is 2.24. The molecule has 0 saturated carbocycles. The molecule has 164 valence electrons. The maximum Gasteiger partial charge on any atom is 0.321 e. The molecule has 0 aromatic heterocycles. The number of amides is 4. The van der Waals surface area contributed by atoms with Crippen molar-refractivity contribution in [3.8, 4) is 0 Å². The molecular formula is C22H24ClFN4O3. The van der Waals surface area contributed by atoms with Gasteiger partial charge in [-0.3, -0.25) is 19.8 Å².